The molecule has 0 saturated carbocycles. The summed E-state index contributed by atoms with van der Waals surface area (Å²) in [6.45, 7) is 4.19. The molecule has 1 atom stereocenters. The monoisotopic (exact) mass is 174 g/mol. The summed E-state index contributed by atoms with van der Waals surface area (Å²) < 4.78 is 4.90. The fourth-order valence-corrected chi connectivity index (χ4v) is 0.988. The van der Waals surface area contributed by atoms with Gasteiger partial charge in [0.05, 0.1) is 0 Å². The van der Waals surface area contributed by atoms with Crippen LogP contribution < -0.4 is 11.5 Å². The van der Waals surface area contributed by atoms with Gasteiger partial charge in [0.15, 0.2) is 0 Å². The van der Waals surface area contributed by atoms with Crippen LogP contribution in [0.2, 0.25) is 0 Å². The third-order valence-electron chi connectivity index (χ3n) is 1.84. The van der Waals surface area contributed by atoms with Crippen LogP contribution in [-0.4, -0.2) is 18.2 Å². The van der Waals surface area contributed by atoms with Gasteiger partial charge < -0.3 is 16.2 Å². The second-order valence-corrected chi connectivity index (χ2v) is 3.18. The Morgan fingerprint density at radius 2 is 2.17 bits per heavy atom. The first-order valence-corrected chi connectivity index (χ1v) is 4.22. The van der Waals surface area contributed by atoms with Gasteiger partial charge >= 0.3 is 6.09 Å². The maximum Gasteiger partial charge on any atom is 0.405 e. The Morgan fingerprint density at radius 1 is 1.58 bits per heavy atom. The number of rotatable bonds is 5. The minimum absolute atomic E-state index is 0.315. The molecular formula is C8H18N2O2. The van der Waals surface area contributed by atoms with Crippen LogP contribution in [0.25, 0.3) is 0 Å². The molecule has 4 heteroatoms. The van der Waals surface area contributed by atoms with E-state index in [2.05, 4.69) is 6.92 Å². The molecule has 1 amide bonds. The molecule has 0 rings (SSSR count). The summed E-state index contributed by atoms with van der Waals surface area (Å²) in [6.07, 6.45) is 2.06. The fraction of sp³-hybridized carbons (Fsp3) is 0.875. The van der Waals surface area contributed by atoms with E-state index in [9.17, 15) is 4.79 Å². The van der Waals surface area contributed by atoms with Gasteiger partial charge in [-0.15, -0.1) is 0 Å². The summed E-state index contributed by atoms with van der Waals surface area (Å²) in [5.74, 6) is 0. The van der Waals surface area contributed by atoms with Crippen LogP contribution in [0.1, 0.15) is 33.1 Å². The molecule has 72 valence electrons. The van der Waals surface area contributed by atoms with Gasteiger partial charge in [0, 0.05) is 6.54 Å². The predicted molar refractivity (Wildman–Crippen MR) is 47.7 cm³/mol. The van der Waals surface area contributed by atoms with Crippen LogP contribution in [-0.2, 0) is 4.74 Å². The van der Waals surface area contributed by atoms with Gasteiger partial charge in [0.2, 0.25) is 0 Å². The molecule has 0 aliphatic rings. The van der Waals surface area contributed by atoms with E-state index in [0.29, 0.717) is 6.54 Å². The Morgan fingerprint density at radius 3 is 2.50 bits per heavy atom. The van der Waals surface area contributed by atoms with Crippen LogP contribution in [0.4, 0.5) is 4.79 Å². The minimum Gasteiger partial charge on any atom is -0.442 e. The first kappa shape index (κ1) is 11.2. The standard InChI is InChI=1S/C8H18N2O2/c1-3-4-5-8(2,6-9)12-7(10)11/h3-6,9H2,1-2H3,(H2,10,11)/t8-/m1/s1. The Kier molecular flexibility index (Phi) is 4.66. The smallest absolute Gasteiger partial charge is 0.405 e. The maximum atomic E-state index is 10.5. The number of hydrogen-bond acceptors (Lipinski definition) is 3. The zero-order chi connectivity index (χ0) is 9.61. The summed E-state index contributed by atoms with van der Waals surface area (Å²) in [5.41, 5.74) is 9.79. The van der Waals surface area contributed by atoms with Crippen LogP contribution >= 0.6 is 0 Å². The van der Waals surface area contributed by atoms with Crippen molar-refractivity contribution in [1.82, 2.24) is 0 Å². The van der Waals surface area contributed by atoms with Gasteiger partial charge in [0.1, 0.15) is 5.60 Å². The van der Waals surface area contributed by atoms with Crippen molar-refractivity contribution in [3.63, 3.8) is 0 Å². The molecule has 0 aliphatic heterocycles. The lowest BCUT2D eigenvalue weighted by molar-refractivity contribution is 0.0296. The number of carbonyl (C=O) groups is 1. The second kappa shape index (κ2) is 4.98. The summed E-state index contributed by atoms with van der Waals surface area (Å²) >= 11 is 0. The Bertz CT molecular complexity index is 150. The average molecular weight is 174 g/mol. The van der Waals surface area contributed by atoms with Crippen molar-refractivity contribution in [3.8, 4) is 0 Å². The van der Waals surface area contributed by atoms with Crippen molar-refractivity contribution >= 4 is 6.09 Å². The van der Waals surface area contributed by atoms with Crippen LogP contribution in [0.5, 0.6) is 0 Å². The molecule has 0 saturated heterocycles. The predicted octanol–water partition coefficient (Wildman–Crippen LogP) is 0.989. The highest BCUT2D eigenvalue weighted by atomic mass is 16.6. The van der Waals surface area contributed by atoms with Crippen molar-refractivity contribution in [3.05, 3.63) is 0 Å². The molecular weight excluding hydrogens is 156 g/mol. The molecule has 0 aromatic carbocycles. The van der Waals surface area contributed by atoms with Gasteiger partial charge in [0.25, 0.3) is 0 Å². The van der Waals surface area contributed by atoms with Crippen LogP contribution in [0.15, 0.2) is 0 Å². The number of unbranched alkanes of at least 4 members (excludes halogenated alkanes) is 1. The number of amides is 1. The number of hydrogen-bond donors (Lipinski definition) is 2. The SMILES string of the molecule is CCCC[C@](C)(CN)OC(N)=O. The first-order chi connectivity index (χ1) is 5.54. The summed E-state index contributed by atoms with van der Waals surface area (Å²) in [6, 6.07) is 0. The van der Waals surface area contributed by atoms with Crippen LogP contribution in [0, 0.1) is 0 Å². The summed E-state index contributed by atoms with van der Waals surface area (Å²) in [5, 5.41) is 0. The quantitative estimate of drug-likeness (QED) is 0.652. The summed E-state index contributed by atoms with van der Waals surface area (Å²) in [4.78, 5) is 10.5. The molecule has 0 unspecified atom stereocenters. The minimum atomic E-state index is -0.751. The first-order valence-electron chi connectivity index (χ1n) is 4.22. The van der Waals surface area contributed by atoms with E-state index in [-0.39, 0.29) is 0 Å². The van der Waals surface area contributed by atoms with Gasteiger partial charge in [-0.05, 0) is 19.8 Å². The maximum absolute atomic E-state index is 10.5. The molecule has 4 N–H and O–H groups in total. The molecule has 0 bridgehead atoms. The molecule has 0 aromatic rings. The normalized spacial score (nSPS) is 15.2. The molecule has 4 nitrogen and oxygen atoms in total. The highest BCUT2D eigenvalue weighted by Crippen LogP contribution is 2.16. The van der Waals surface area contributed by atoms with Gasteiger partial charge in [-0.1, -0.05) is 13.3 Å². The molecule has 12 heavy (non-hydrogen) atoms. The van der Waals surface area contributed by atoms with Gasteiger partial charge in [-0.2, -0.15) is 0 Å². The Balaban J connectivity index is 3.95. The number of nitrogens with two attached hydrogens (primary N) is 2. The molecule has 0 spiro atoms. The topological polar surface area (TPSA) is 78.3 Å². The lowest BCUT2D eigenvalue weighted by Gasteiger charge is -2.26. The second-order valence-electron chi connectivity index (χ2n) is 3.18. The van der Waals surface area contributed by atoms with Crippen molar-refractivity contribution in [2.75, 3.05) is 6.54 Å². The van der Waals surface area contributed by atoms with Gasteiger partial charge in [-0.25, -0.2) is 4.79 Å². The van der Waals surface area contributed by atoms with E-state index < -0.39 is 11.7 Å². The number of primary amides is 1. The van der Waals surface area contributed by atoms with E-state index >= 15 is 0 Å². The van der Waals surface area contributed by atoms with Crippen molar-refractivity contribution in [2.24, 2.45) is 11.5 Å². The highest BCUT2D eigenvalue weighted by Gasteiger charge is 2.25. The average Bonchev–Trinajstić information content (AvgIpc) is 2.00. The van der Waals surface area contributed by atoms with E-state index in [1.54, 1.807) is 6.92 Å². The van der Waals surface area contributed by atoms with E-state index in [1.165, 1.54) is 0 Å². The lowest BCUT2D eigenvalue weighted by Crippen LogP contribution is -2.41. The third kappa shape index (κ3) is 4.18. The zero-order valence-electron chi connectivity index (χ0n) is 7.80. The van der Waals surface area contributed by atoms with Gasteiger partial charge in [-0.3, -0.25) is 0 Å². The number of carbonyl (C=O) groups excluding carboxylic acids is 1. The number of ether oxygens (including phenoxy) is 1. The molecule has 0 heterocycles. The fourth-order valence-electron chi connectivity index (χ4n) is 0.988. The lowest BCUT2D eigenvalue weighted by atomic mass is 9.99. The van der Waals surface area contributed by atoms with E-state index in [1.807, 2.05) is 0 Å². The summed E-state index contributed by atoms with van der Waals surface area (Å²) in [7, 11) is 0. The highest BCUT2D eigenvalue weighted by molar-refractivity contribution is 5.65. The third-order valence-corrected chi connectivity index (χ3v) is 1.84. The molecule has 0 fully saturated rings. The molecule has 0 aromatic heterocycles. The largest absolute Gasteiger partial charge is 0.442 e. The van der Waals surface area contributed by atoms with E-state index in [4.69, 9.17) is 16.2 Å². The van der Waals surface area contributed by atoms with Crippen molar-refractivity contribution in [1.29, 1.82) is 0 Å². The van der Waals surface area contributed by atoms with Crippen LogP contribution in [0.3, 0.4) is 0 Å². The zero-order valence-corrected chi connectivity index (χ0v) is 7.80. The molecule has 0 aliphatic carbocycles. The molecule has 0 radical (unpaired) electrons. The van der Waals surface area contributed by atoms with Crippen molar-refractivity contribution < 1.29 is 9.53 Å². The van der Waals surface area contributed by atoms with Crippen molar-refractivity contribution in [2.45, 2.75) is 38.7 Å². The van der Waals surface area contributed by atoms with E-state index in [0.717, 1.165) is 19.3 Å². The Labute approximate surface area is 73.2 Å². The Hall–Kier alpha value is -0.770.